The van der Waals surface area contributed by atoms with Crippen molar-refractivity contribution in [3.05, 3.63) is 65.6 Å². The summed E-state index contributed by atoms with van der Waals surface area (Å²) in [6.07, 6.45) is 5.23. The van der Waals surface area contributed by atoms with E-state index < -0.39 is 0 Å². The minimum Gasteiger partial charge on any atom is -0.487 e. The molecule has 0 unspecified atom stereocenters. The minimum absolute atomic E-state index is 0.0322. The second-order valence-corrected chi connectivity index (χ2v) is 7.49. The molecule has 1 aliphatic heterocycles. The van der Waals surface area contributed by atoms with Crippen molar-refractivity contribution in [3.8, 4) is 5.75 Å². The molecule has 1 aromatic carbocycles. The van der Waals surface area contributed by atoms with Crippen LogP contribution in [-0.2, 0) is 11.4 Å². The van der Waals surface area contributed by atoms with Crippen LogP contribution < -0.4 is 10.5 Å². The normalized spacial score (nSPS) is 14.9. The van der Waals surface area contributed by atoms with E-state index in [9.17, 15) is 9.59 Å². The monoisotopic (exact) mass is 392 g/mol. The molecule has 3 heterocycles. The maximum atomic E-state index is 12.6. The molecule has 1 aliphatic rings. The van der Waals surface area contributed by atoms with Gasteiger partial charge in [-0.25, -0.2) is 4.98 Å². The van der Waals surface area contributed by atoms with Crippen LogP contribution in [0.25, 0.3) is 5.65 Å². The summed E-state index contributed by atoms with van der Waals surface area (Å²) < 4.78 is 7.80. The molecule has 1 fully saturated rings. The van der Waals surface area contributed by atoms with Crippen molar-refractivity contribution in [3.63, 3.8) is 0 Å². The van der Waals surface area contributed by atoms with Crippen LogP contribution in [0.2, 0.25) is 0 Å². The van der Waals surface area contributed by atoms with E-state index in [4.69, 9.17) is 10.5 Å². The number of rotatable bonds is 5. The Balaban J connectivity index is 1.35. The second kappa shape index (κ2) is 7.95. The first-order chi connectivity index (χ1) is 14.0. The van der Waals surface area contributed by atoms with E-state index in [0.29, 0.717) is 43.9 Å². The van der Waals surface area contributed by atoms with E-state index >= 15 is 0 Å². The number of hydrogen-bond acceptors (Lipinski definition) is 4. The topological polar surface area (TPSA) is 89.9 Å². The van der Waals surface area contributed by atoms with E-state index in [1.54, 1.807) is 29.2 Å². The SMILES string of the molecule is Cc1ccc2nc(COc3ccc(C(=O)N4CCC(C(N)=O)CC4)cc3)cn2c1. The molecule has 0 bridgehead atoms. The van der Waals surface area contributed by atoms with Gasteiger partial charge in [0.15, 0.2) is 0 Å². The number of ether oxygens (including phenoxy) is 1. The summed E-state index contributed by atoms with van der Waals surface area (Å²) in [6, 6.07) is 11.1. The molecule has 0 saturated carbocycles. The summed E-state index contributed by atoms with van der Waals surface area (Å²) in [7, 11) is 0. The van der Waals surface area contributed by atoms with Crippen molar-refractivity contribution < 1.29 is 14.3 Å². The van der Waals surface area contributed by atoms with E-state index in [1.807, 2.05) is 35.9 Å². The van der Waals surface area contributed by atoms with Crippen LogP contribution in [0, 0.1) is 12.8 Å². The first-order valence-electron chi connectivity index (χ1n) is 9.75. The summed E-state index contributed by atoms with van der Waals surface area (Å²) >= 11 is 0. The Labute approximate surface area is 169 Å². The van der Waals surface area contributed by atoms with Crippen LogP contribution in [0.4, 0.5) is 0 Å². The lowest BCUT2D eigenvalue weighted by atomic mass is 9.96. The number of aryl methyl sites for hydroxylation is 1. The number of primary amides is 1. The Hall–Kier alpha value is -3.35. The number of carbonyl (C=O) groups is 2. The lowest BCUT2D eigenvalue weighted by Gasteiger charge is -2.30. The molecule has 150 valence electrons. The number of aromatic nitrogens is 2. The third kappa shape index (κ3) is 4.23. The molecular formula is C22H24N4O3. The smallest absolute Gasteiger partial charge is 0.253 e. The fraction of sp³-hybridized carbons (Fsp3) is 0.318. The van der Waals surface area contributed by atoms with E-state index in [0.717, 1.165) is 11.3 Å². The van der Waals surface area contributed by atoms with Gasteiger partial charge in [-0.05, 0) is 55.7 Å². The fourth-order valence-electron chi connectivity index (χ4n) is 3.63. The Kier molecular flexibility index (Phi) is 5.20. The van der Waals surface area contributed by atoms with Gasteiger partial charge in [0.05, 0.1) is 5.69 Å². The summed E-state index contributed by atoms with van der Waals surface area (Å²) in [5.41, 5.74) is 8.86. The fourth-order valence-corrected chi connectivity index (χ4v) is 3.63. The third-order valence-electron chi connectivity index (χ3n) is 5.32. The molecule has 7 heteroatoms. The van der Waals surface area contributed by atoms with Crippen LogP contribution in [0.1, 0.15) is 34.5 Å². The molecule has 2 aromatic heterocycles. The number of fused-ring (bicyclic) bond motifs is 1. The number of nitrogens with zero attached hydrogens (tertiary/aromatic N) is 3. The van der Waals surface area contributed by atoms with Gasteiger partial charge in [-0.1, -0.05) is 6.07 Å². The maximum absolute atomic E-state index is 12.6. The Morgan fingerprint density at radius 3 is 2.52 bits per heavy atom. The number of amides is 2. The predicted octanol–water partition coefficient (Wildman–Crippen LogP) is 2.56. The van der Waals surface area contributed by atoms with Crippen molar-refractivity contribution in [2.45, 2.75) is 26.4 Å². The van der Waals surface area contributed by atoms with Crippen LogP contribution in [-0.4, -0.2) is 39.2 Å². The standard InChI is InChI=1S/C22H24N4O3/c1-15-2-7-20-24-18(13-26(20)12-15)14-29-19-5-3-17(4-6-19)22(28)25-10-8-16(9-11-25)21(23)27/h2-7,12-13,16H,8-11,14H2,1H3,(H2,23,27). The summed E-state index contributed by atoms with van der Waals surface area (Å²) in [6.45, 7) is 3.50. The first kappa shape index (κ1) is 19.0. The number of piperidine rings is 1. The van der Waals surface area contributed by atoms with E-state index in [2.05, 4.69) is 4.98 Å². The molecule has 0 spiro atoms. The summed E-state index contributed by atoms with van der Waals surface area (Å²) in [5, 5.41) is 0. The Bertz CT molecular complexity index is 1030. The van der Waals surface area contributed by atoms with Gasteiger partial charge in [0.2, 0.25) is 5.91 Å². The third-order valence-corrected chi connectivity index (χ3v) is 5.32. The predicted molar refractivity (Wildman–Crippen MR) is 109 cm³/mol. The largest absolute Gasteiger partial charge is 0.487 e. The van der Waals surface area contributed by atoms with Gasteiger partial charge in [-0.3, -0.25) is 9.59 Å². The minimum atomic E-state index is -0.278. The molecule has 2 N–H and O–H groups in total. The highest BCUT2D eigenvalue weighted by molar-refractivity contribution is 5.94. The van der Waals surface area contributed by atoms with Gasteiger partial charge in [0.1, 0.15) is 18.0 Å². The highest BCUT2D eigenvalue weighted by Crippen LogP contribution is 2.20. The van der Waals surface area contributed by atoms with Gasteiger partial charge in [-0.2, -0.15) is 0 Å². The maximum Gasteiger partial charge on any atom is 0.253 e. The molecule has 4 rings (SSSR count). The summed E-state index contributed by atoms with van der Waals surface area (Å²) in [4.78, 5) is 30.2. The molecule has 7 nitrogen and oxygen atoms in total. The van der Waals surface area contributed by atoms with Crippen molar-refractivity contribution in [1.82, 2.24) is 14.3 Å². The molecular weight excluding hydrogens is 368 g/mol. The van der Waals surface area contributed by atoms with E-state index in [1.165, 1.54) is 5.56 Å². The number of pyridine rings is 1. The molecule has 2 amide bonds. The Morgan fingerprint density at radius 1 is 1.10 bits per heavy atom. The lowest BCUT2D eigenvalue weighted by Crippen LogP contribution is -2.41. The average Bonchev–Trinajstić information content (AvgIpc) is 3.14. The lowest BCUT2D eigenvalue weighted by molar-refractivity contribution is -0.123. The molecule has 0 radical (unpaired) electrons. The summed E-state index contributed by atoms with van der Waals surface area (Å²) in [5.74, 6) is 0.245. The average molecular weight is 392 g/mol. The molecule has 29 heavy (non-hydrogen) atoms. The molecule has 1 saturated heterocycles. The highest BCUT2D eigenvalue weighted by atomic mass is 16.5. The zero-order chi connectivity index (χ0) is 20.4. The number of carbonyl (C=O) groups excluding carboxylic acids is 2. The van der Waals surface area contributed by atoms with Gasteiger partial charge in [0, 0.05) is 37.0 Å². The first-order valence-corrected chi connectivity index (χ1v) is 9.75. The van der Waals surface area contributed by atoms with Gasteiger partial charge in [-0.15, -0.1) is 0 Å². The Morgan fingerprint density at radius 2 is 1.83 bits per heavy atom. The van der Waals surface area contributed by atoms with Crippen LogP contribution in [0.15, 0.2) is 48.8 Å². The number of imidazole rings is 1. The highest BCUT2D eigenvalue weighted by Gasteiger charge is 2.26. The van der Waals surface area contributed by atoms with Crippen LogP contribution in [0.5, 0.6) is 5.75 Å². The van der Waals surface area contributed by atoms with Gasteiger partial charge in [0.25, 0.3) is 5.91 Å². The van der Waals surface area contributed by atoms with Crippen molar-refractivity contribution in [1.29, 1.82) is 0 Å². The number of benzene rings is 1. The van der Waals surface area contributed by atoms with Gasteiger partial charge >= 0.3 is 0 Å². The van der Waals surface area contributed by atoms with Crippen LogP contribution >= 0.6 is 0 Å². The van der Waals surface area contributed by atoms with Gasteiger partial charge < -0.3 is 19.8 Å². The van der Waals surface area contributed by atoms with Crippen molar-refractivity contribution in [2.75, 3.05) is 13.1 Å². The molecule has 0 aliphatic carbocycles. The van der Waals surface area contributed by atoms with Crippen LogP contribution in [0.3, 0.4) is 0 Å². The number of nitrogens with two attached hydrogens (primary N) is 1. The number of hydrogen-bond donors (Lipinski definition) is 1. The zero-order valence-electron chi connectivity index (χ0n) is 16.4. The zero-order valence-corrected chi connectivity index (χ0v) is 16.4. The van der Waals surface area contributed by atoms with E-state index in [-0.39, 0.29) is 17.7 Å². The van der Waals surface area contributed by atoms with Crippen molar-refractivity contribution in [2.24, 2.45) is 11.7 Å². The molecule has 3 aromatic rings. The second-order valence-electron chi connectivity index (χ2n) is 7.49. The molecule has 0 atom stereocenters. The quantitative estimate of drug-likeness (QED) is 0.723. The number of likely N-dealkylation sites (tertiary alicyclic amines) is 1. The van der Waals surface area contributed by atoms with Crippen molar-refractivity contribution >= 4 is 17.5 Å².